The Morgan fingerprint density at radius 1 is 1.15 bits per heavy atom. The predicted molar refractivity (Wildman–Crippen MR) is 84.6 cm³/mol. The molecular weight excluding hydrogens is 338 g/mol. The molecule has 0 spiro atoms. The van der Waals surface area contributed by atoms with Crippen LogP contribution in [0, 0.1) is 5.92 Å². The van der Waals surface area contributed by atoms with Gasteiger partial charge in [-0.2, -0.15) is 0 Å². The molecule has 1 fully saturated rings. The molecule has 5 heteroatoms. The molecule has 1 saturated carbocycles. The summed E-state index contributed by atoms with van der Waals surface area (Å²) in [6.07, 6.45) is 2.37. The maximum Gasteiger partial charge on any atom is 0.241 e. The molecule has 0 aromatic heterocycles. The first kappa shape index (κ1) is 14.0. The molecule has 3 nitrogen and oxygen atoms in total. The van der Waals surface area contributed by atoms with Crippen molar-refractivity contribution in [2.75, 3.05) is 6.54 Å². The summed E-state index contributed by atoms with van der Waals surface area (Å²) in [7, 11) is -3.47. The van der Waals surface area contributed by atoms with Crippen LogP contribution in [0.25, 0.3) is 10.8 Å². The highest BCUT2D eigenvalue weighted by Gasteiger charge is 2.30. The van der Waals surface area contributed by atoms with Gasteiger partial charge in [-0.3, -0.25) is 0 Å². The van der Waals surface area contributed by atoms with Gasteiger partial charge in [-0.25, -0.2) is 13.1 Å². The van der Waals surface area contributed by atoms with Gasteiger partial charge in [-0.05, 0) is 30.2 Å². The van der Waals surface area contributed by atoms with E-state index in [9.17, 15) is 8.42 Å². The second kappa shape index (κ2) is 5.47. The molecule has 0 saturated heterocycles. The van der Waals surface area contributed by atoms with Crippen molar-refractivity contribution in [1.29, 1.82) is 0 Å². The molecule has 0 amide bonds. The molecular formula is C15H16BrNO2S. The molecule has 1 N–H and O–H groups in total. The number of benzene rings is 2. The Balaban J connectivity index is 1.88. The number of sulfonamides is 1. The maximum absolute atomic E-state index is 12.5. The maximum atomic E-state index is 12.5. The van der Waals surface area contributed by atoms with Crippen molar-refractivity contribution in [2.45, 2.75) is 22.6 Å². The molecule has 0 aliphatic heterocycles. The van der Waals surface area contributed by atoms with E-state index >= 15 is 0 Å². The summed E-state index contributed by atoms with van der Waals surface area (Å²) in [5.74, 6) is 0.616. The number of hydrogen-bond acceptors (Lipinski definition) is 2. The van der Waals surface area contributed by atoms with E-state index in [1.807, 2.05) is 30.3 Å². The first-order chi connectivity index (χ1) is 9.58. The van der Waals surface area contributed by atoms with Gasteiger partial charge >= 0.3 is 0 Å². The normalized spacial score (nSPS) is 17.2. The lowest BCUT2D eigenvalue weighted by molar-refractivity contribution is 0.578. The minimum atomic E-state index is -3.47. The zero-order chi connectivity index (χ0) is 14.2. The van der Waals surface area contributed by atoms with E-state index in [2.05, 4.69) is 20.7 Å². The van der Waals surface area contributed by atoms with Crippen LogP contribution in [0.4, 0.5) is 0 Å². The summed E-state index contributed by atoms with van der Waals surface area (Å²) in [6, 6.07) is 12.9. The van der Waals surface area contributed by atoms with Gasteiger partial charge in [0.1, 0.15) is 0 Å². The van der Waals surface area contributed by atoms with E-state index in [0.717, 1.165) is 10.8 Å². The van der Waals surface area contributed by atoms with Crippen LogP contribution in [0.2, 0.25) is 0 Å². The minimum absolute atomic E-state index is 0.229. The lowest BCUT2D eigenvalue weighted by Crippen LogP contribution is -2.30. The fourth-order valence-electron chi connectivity index (χ4n) is 2.32. The summed E-state index contributed by atoms with van der Waals surface area (Å²) in [6.45, 7) is 0.441. The van der Waals surface area contributed by atoms with Crippen molar-refractivity contribution in [3.8, 4) is 0 Å². The van der Waals surface area contributed by atoms with Crippen LogP contribution in [-0.4, -0.2) is 19.8 Å². The van der Waals surface area contributed by atoms with Crippen LogP contribution in [0.15, 0.2) is 47.4 Å². The summed E-state index contributed by atoms with van der Waals surface area (Å²) in [4.78, 5) is 0.582. The lowest BCUT2D eigenvalue weighted by Gasteiger charge is -2.12. The average molecular weight is 354 g/mol. The Labute approximate surface area is 127 Å². The number of alkyl halides is 1. The molecule has 1 aliphatic rings. The second-order valence-electron chi connectivity index (χ2n) is 5.18. The average Bonchev–Trinajstić information content (AvgIpc) is 3.29. The minimum Gasteiger partial charge on any atom is -0.210 e. The largest absolute Gasteiger partial charge is 0.241 e. The van der Waals surface area contributed by atoms with Crippen molar-refractivity contribution in [1.82, 2.24) is 4.72 Å². The zero-order valence-electron chi connectivity index (χ0n) is 10.9. The Bertz CT molecular complexity index is 720. The number of nitrogens with one attached hydrogen (secondary N) is 1. The van der Waals surface area contributed by atoms with E-state index in [0.29, 0.717) is 17.4 Å². The summed E-state index contributed by atoms with van der Waals surface area (Å²) >= 11 is 3.55. The topological polar surface area (TPSA) is 46.2 Å². The van der Waals surface area contributed by atoms with E-state index in [1.165, 1.54) is 12.8 Å². The summed E-state index contributed by atoms with van der Waals surface area (Å²) in [5, 5.41) is 1.70. The lowest BCUT2D eigenvalue weighted by atomic mass is 10.1. The van der Waals surface area contributed by atoms with Crippen molar-refractivity contribution in [3.63, 3.8) is 0 Å². The molecule has 1 unspecified atom stereocenters. The SMILES string of the molecule is O=S(=O)(NCC(Br)C1CC1)c1cccc2ccccc12. The molecule has 0 heterocycles. The Kier molecular flexibility index (Phi) is 3.84. The van der Waals surface area contributed by atoms with Gasteiger partial charge in [0.05, 0.1) is 4.90 Å². The van der Waals surface area contributed by atoms with Gasteiger partial charge in [0.25, 0.3) is 0 Å². The van der Waals surface area contributed by atoms with Crippen LogP contribution in [-0.2, 0) is 10.0 Å². The van der Waals surface area contributed by atoms with Crippen LogP contribution < -0.4 is 4.72 Å². The Hall–Kier alpha value is -0.910. The second-order valence-corrected chi connectivity index (χ2v) is 8.09. The molecule has 1 aliphatic carbocycles. The summed E-state index contributed by atoms with van der Waals surface area (Å²) in [5.41, 5.74) is 0. The van der Waals surface area contributed by atoms with E-state index in [1.54, 1.807) is 12.1 Å². The first-order valence-electron chi connectivity index (χ1n) is 6.69. The standard InChI is InChI=1S/C15H16BrNO2S/c16-14(12-8-9-12)10-17-20(18,19)15-7-3-5-11-4-1-2-6-13(11)15/h1-7,12,14,17H,8-10H2. The third-order valence-electron chi connectivity index (χ3n) is 3.64. The van der Waals surface area contributed by atoms with Crippen LogP contribution >= 0.6 is 15.9 Å². The van der Waals surface area contributed by atoms with Crippen molar-refractivity contribution < 1.29 is 8.42 Å². The molecule has 106 valence electrons. The highest BCUT2D eigenvalue weighted by Crippen LogP contribution is 2.36. The monoisotopic (exact) mass is 353 g/mol. The fraction of sp³-hybridized carbons (Fsp3) is 0.333. The molecule has 20 heavy (non-hydrogen) atoms. The van der Waals surface area contributed by atoms with Gasteiger partial charge in [0, 0.05) is 16.8 Å². The number of rotatable bonds is 5. The molecule has 0 radical (unpaired) electrons. The Morgan fingerprint density at radius 2 is 1.85 bits per heavy atom. The molecule has 2 aromatic rings. The quantitative estimate of drug-likeness (QED) is 0.838. The van der Waals surface area contributed by atoms with Gasteiger partial charge in [0.15, 0.2) is 0 Å². The zero-order valence-corrected chi connectivity index (χ0v) is 13.3. The third kappa shape index (κ3) is 2.90. The van der Waals surface area contributed by atoms with Crippen LogP contribution in [0.5, 0.6) is 0 Å². The third-order valence-corrected chi connectivity index (χ3v) is 6.19. The van der Waals surface area contributed by atoms with Gasteiger partial charge < -0.3 is 0 Å². The van der Waals surface area contributed by atoms with Gasteiger partial charge in [-0.15, -0.1) is 0 Å². The molecule has 1 atom stereocenters. The number of fused-ring (bicyclic) bond motifs is 1. The van der Waals surface area contributed by atoms with Crippen LogP contribution in [0.1, 0.15) is 12.8 Å². The van der Waals surface area contributed by atoms with Crippen molar-refractivity contribution in [2.24, 2.45) is 5.92 Å². The number of halogens is 1. The van der Waals surface area contributed by atoms with Crippen molar-refractivity contribution in [3.05, 3.63) is 42.5 Å². The first-order valence-corrected chi connectivity index (χ1v) is 9.09. The van der Waals surface area contributed by atoms with Gasteiger partial charge in [-0.1, -0.05) is 52.3 Å². The number of hydrogen-bond donors (Lipinski definition) is 1. The fourth-order valence-corrected chi connectivity index (χ4v) is 4.51. The van der Waals surface area contributed by atoms with Gasteiger partial charge in [0.2, 0.25) is 10.0 Å². The Morgan fingerprint density at radius 3 is 2.60 bits per heavy atom. The highest BCUT2D eigenvalue weighted by molar-refractivity contribution is 9.09. The summed E-state index contributed by atoms with van der Waals surface area (Å²) < 4.78 is 27.6. The molecule has 2 aromatic carbocycles. The smallest absolute Gasteiger partial charge is 0.210 e. The van der Waals surface area contributed by atoms with E-state index < -0.39 is 10.0 Å². The highest BCUT2D eigenvalue weighted by atomic mass is 79.9. The van der Waals surface area contributed by atoms with E-state index in [4.69, 9.17) is 0 Å². The predicted octanol–water partition coefficient (Wildman–Crippen LogP) is 3.29. The van der Waals surface area contributed by atoms with Crippen molar-refractivity contribution >= 4 is 36.7 Å². The van der Waals surface area contributed by atoms with E-state index in [-0.39, 0.29) is 4.83 Å². The molecule has 0 bridgehead atoms. The van der Waals surface area contributed by atoms with Crippen LogP contribution in [0.3, 0.4) is 0 Å². The molecule has 3 rings (SSSR count).